The topological polar surface area (TPSA) is 55.1 Å². The number of pyridine rings is 1. The van der Waals surface area contributed by atoms with Crippen molar-refractivity contribution >= 4 is 11.6 Å². The molecule has 5 rings (SSSR count). The molecule has 3 heterocycles. The highest BCUT2D eigenvalue weighted by atomic mass is 19.4. The minimum Gasteiger partial charge on any atom is -0.348 e. The number of fused-ring (bicyclic) bond motifs is 1. The Labute approximate surface area is 200 Å². The normalized spacial score (nSPS) is 12.6. The number of hydrogen-bond donors (Lipinski definition) is 1. The summed E-state index contributed by atoms with van der Waals surface area (Å²) in [4.78, 5) is 13.7. The van der Waals surface area contributed by atoms with Gasteiger partial charge in [-0.25, -0.2) is 15.0 Å². The van der Waals surface area contributed by atoms with Gasteiger partial charge in [0.05, 0.1) is 28.7 Å². The quantitative estimate of drug-likeness (QED) is 0.300. The van der Waals surface area contributed by atoms with E-state index in [1.807, 2.05) is 66.9 Å². The molecular formula is C27H22F3N5. The number of aryl methyl sites for hydroxylation is 1. The van der Waals surface area contributed by atoms with Gasteiger partial charge in [0.15, 0.2) is 0 Å². The van der Waals surface area contributed by atoms with E-state index in [1.165, 1.54) is 6.07 Å². The van der Waals surface area contributed by atoms with E-state index in [0.29, 0.717) is 34.2 Å². The third-order valence-electron chi connectivity index (χ3n) is 5.77. The maximum Gasteiger partial charge on any atom is 0.416 e. The van der Waals surface area contributed by atoms with E-state index in [1.54, 1.807) is 18.3 Å². The zero-order chi connectivity index (χ0) is 24.6. The van der Waals surface area contributed by atoms with E-state index in [9.17, 15) is 13.2 Å². The van der Waals surface area contributed by atoms with Crippen LogP contribution in [0.25, 0.3) is 28.3 Å². The average molecular weight is 474 g/mol. The molecule has 2 aromatic carbocycles. The summed E-state index contributed by atoms with van der Waals surface area (Å²) in [5.41, 5.74) is 3.88. The Morgan fingerprint density at radius 2 is 1.71 bits per heavy atom. The molecule has 0 aliphatic heterocycles. The lowest BCUT2D eigenvalue weighted by Crippen LogP contribution is -2.09. The Morgan fingerprint density at radius 1 is 0.914 bits per heavy atom. The monoisotopic (exact) mass is 473 g/mol. The third kappa shape index (κ3) is 4.59. The molecular weight excluding hydrogens is 451 g/mol. The minimum atomic E-state index is -4.45. The van der Waals surface area contributed by atoms with Crippen molar-refractivity contribution in [1.29, 1.82) is 0 Å². The number of imidazole rings is 1. The lowest BCUT2D eigenvalue weighted by atomic mass is 10.0. The second kappa shape index (κ2) is 8.87. The van der Waals surface area contributed by atoms with Crippen molar-refractivity contribution < 1.29 is 13.2 Å². The largest absolute Gasteiger partial charge is 0.416 e. The molecule has 1 atom stereocenters. The number of nitrogens with one attached hydrogen (secondary N) is 1. The molecule has 0 saturated carbocycles. The van der Waals surface area contributed by atoms with Gasteiger partial charge in [0.1, 0.15) is 5.65 Å². The van der Waals surface area contributed by atoms with Gasteiger partial charge in [-0.2, -0.15) is 13.2 Å². The first-order valence-corrected chi connectivity index (χ1v) is 11.1. The summed E-state index contributed by atoms with van der Waals surface area (Å²) in [5, 5.41) is 3.31. The highest BCUT2D eigenvalue weighted by molar-refractivity contribution is 5.81. The summed E-state index contributed by atoms with van der Waals surface area (Å²) >= 11 is 0. The zero-order valence-electron chi connectivity index (χ0n) is 19.1. The first-order valence-electron chi connectivity index (χ1n) is 11.1. The van der Waals surface area contributed by atoms with Crippen LogP contribution in [0.3, 0.4) is 0 Å². The van der Waals surface area contributed by atoms with Crippen LogP contribution in [0.5, 0.6) is 0 Å². The Morgan fingerprint density at radius 3 is 2.49 bits per heavy atom. The van der Waals surface area contributed by atoms with Crippen molar-refractivity contribution in [2.24, 2.45) is 0 Å². The fraction of sp³-hybridized carbons (Fsp3) is 0.148. The van der Waals surface area contributed by atoms with E-state index in [-0.39, 0.29) is 6.04 Å². The van der Waals surface area contributed by atoms with Gasteiger partial charge in [-0.05, 0) is 49.2 Å². The molecule has 0 unspecified atom stereocenters. The van der Waals surface area contributed by atoms with Crippen molar-refractivity contribution in [1.82, 2.24) is 19.4 Å². The lowest BCUT2D eigenvalue weighted by molar-refractivity contribution is -0.137. The predicted molar refractivity (Wildman–Crippen MR) is 130 cm³/mol. The van der Waals surface area contributed by atoms with Gasteiger partial charge in [0.2, 0.25) is 5.95 Å². The van der Waals surface area contributed by atoms with Gasteiger partial charge in [-0.1, -0.05) is 48.5 Å². The van der Waals surface area contributed by atoms with Crippen LogP contribution in [-0.4, -0.2) is 19.4 Å². The number of nitrogens with zero attached hydrogens (tertiary/aromatic N) is 4. The fourth-order valence-corrected chi connectivity index (χ4v) is 4.02. The third-order valence-corrected chi connectivity index (χ3v) is 5.77. The zero-order valence-corrected chi connectivity index (χ0v) is 19.1. The molecule has 0 amide bonds. The minimum absolute atomic E-state index is 0.0428. The average Bonchev–Trinajstić information content (AvgIpc) is 3.23. The number of rotatable bonds is 5. The SMILES string of the molecule is Cc1ccc2nc(-c3cccc(C(F)(F)F)c3)c(-c3ccnc(N[C@H](C)c4ccccc4)n3)n2c1. The van der Waals surface area contributed by atoms with E-state index >= 15 is 0 Å². The Balaban J connectivity index is 1.63. The summed E-state index contributed by atoms with van der Waals surface area (Å²) in [7, 11) is 0. The van der Waals surface area contributed by atoms with Crippen molar-refractivity contribution in [3.63, 3.8) is 0 Å². The fourth-order valence-electron chi connectivity index (χ4n) is 4.02. The summed E-state index contributed by atoms with van der Waals surface area (Å²) in [6, 6.07) is 20.6. The maximum absolute atomic E-state index is 13.4. The molecule has 0 aliphatic carbocycles. The van der Waals surface area contributed by atoms with Gasteiger partial charge in [-0.3, -0.25) is 4.40 Å². The van der Waals surface area contributed by atoms with Crippen LogP contribution in [0, 0.1) is 6.92 Å². The number of aromatic nitrogens is 4. The van der Waals surface area contributed by atoms with E-state index < -0.39 is 11.7 Å². The lowest BCUT2D eigenvalue weighted by Gasteiger charge is -2.15. The van der Waals surface area contributed by atoms with Crippen LogP contribution >= 0.6 is 0 Å². The summed E-state index contributed by atoms with van der Waals surface area (Å²) in [6.45, 7) is 3.96. The van der Waals surface area contributed by atoms with E-state index in [4.69, 9.17) is 4.98 Å². The predicted octanol–water partition coefficient (Wildman–Crippen LogP) is 6.96. The number of benzene rings is 2. The second-order valence-electron chi connectivity index (χ2n) is 8.36. The summed E-state index contributed by atoms with van der Waals surface area (Å²) < 4.78 is 42.1. The van der Waals surface area contributed by atoms with Crippen LogP contribution in [0.4, 0.5) is 19.1 Å². The van der Waals surface area contributed by atoms with Crippen LogP contribution in [0.1, 0.15) is 29.7 Å². The van der Waals surface area contributed by atoms with Crippen molar-refractivity contribution in [2.45, 2.75) is 26.1 Å². The molecule has 35 heavy (non-hydrogen) atoms. The Bertz CT molecular complexity index is 1490. The number of alkyl halides is 3. The molecule has 0 saturated heterocycles. The summed E-state index contributed by atoms with van der Waals surface area (Å²) in [5.74, 6) is 0.413. The van der Waals surface area contributed by atoms with Gasteiger partial charge in [0.25, 0.3) is 0 Å². The smallest absolute Gasteiger partial charge is 0.348 e. The Hall–Kier alpha value is -4.20. The van der Waals surface area contributed by atoms with Crippen LogP contribution < -0.4 is 5.32 Å². The first kappa shape index (κ1) is 22.6. The number of hydrogen-bond acceptors (Lipinski definition) is 4. The molecule has 0 fully saturated rings. The molecule has 5 nitrogen and oxygen atoms in total. The number of anilines is 1. The van der Waals surface area contributed by atoms with Gasteiger partial charge in [0, 0.05) is 18.0 Å². The van der Waals surface area contributed by atoms with Gasteiger partial charge in [-0.15, -0.1) is 0 Å². The molecule has 5 aromatic rings. The van der Waals surface area contributed by atoms with Crippen molar-refractivity contribution in [3.05, 3.63) is 102 Å². The molecule has 8 heteroatoms. The molecule has 1 N–H and O–H groups in total. The first-order chi connectivity index (χ1) is 16.8. The molecule has 0 bridgehead atoms. The van der Waals surface area contributed by atoms with E-state index in [2.05, 4.69) is 15.3 Å². The molecule has 176 valence electrons. The molecule has 0 aliphatic rings. The van der Waals surface area contributed by atoms with Crippen molar-refractivity contribution in [2.75, 3.05) is 5.32 Å². The van der Waals surface area contributed by atoms with Crippen molar-refractivity contribution in [3.8, 4) is 22.6 Å². The van der Waals surface area contributed by atoms with Gasteiger partial charge >= 0.3 is 6.18 Å². The standard InChI is InChI=1S/C27H22F3N5/c1-17-11-12-23-34-24(20-9-6-10-21(15-20)27(28,29)30)25(35(23)16-17)22-13-14-31-26(33-22)32-18(2)19-7-4-3-5-8-19/h3-16,18H,1-2H3,(H,31,32,33)/t18-/m1/s1. The maximum atomic E-state index is 13.4. The highest BCUT2D eigenvalue weighted by Gasteiger charge is 2.31. The number of halogens is 3. The summed E-state index contributed by atoms with van der Waals surface area (Å²) in [6.07, 6.45) is -0.921. The van der Waals surface area contributed by atoms with Crippen LogP contribution in [0.15, 0.2) is 85.2 Å². The molecule has 0 radical (unpaired) electrons. The van der Waals surface area contributed by atoms with Crippen LogP contribution in [-0.2, 0) is 6.18 Å². The molecule has 0 spiro atoms. The second-order valence-corrected chi connectivity index (χ2v) is 8.36. The Kier molecular flexibility index (Phi) is 5.72. The van der Waals surface area contributed by atoms with Crippen LogP contribution in [0.2, 0.25) is 0 Å². The highest BCUT2D eigenvalue weighted by Crippen LogP contribution is 2.36. The molecule has 3 aromatic heterocycles. The van der Waals surface area contributed by atoms with E-state index in [0.717, 1.165) is 23.3 Å². The van der Waals surface area contributed by atoms with Gasteiger partial charge < -0.3 is 5.32 Å².